The Labute approximate surface area is 158 Å². The van der Waals surface area contributed by atoms with Gasteiger partial charge in [-0.05, 0) is 48.4 Å². The molecule has 0 radical (unpaired) electrons. The summed E-state index contributed by atoms with van der Waals surface area (Å²) in [7, 11) is 1.59. The van der Waals surface area contributed by atoms with Crippen molar-refractivity contribution in [3.8, 4) is 11.5 Å². The van der Waals surface area contributed by atoms with Crippen LogP contribution in [0.25, 0.3) is 6.08 Å². The highest BCUT2D eigenvalue weighted by molar-refractivity contribution is 5.94. The Kier molecular flexibility index (Phi) is 5.76. The SMILES string of the molecule is CNC(=O)c1ccc(/C=C/C(=O)NC(C)c2ccc3c(c2)OCCO3)cc1. The molecule has 0 saturated heterocycles. The molecule has 6 heteroatoms. The summed E-state index contributed by atoms with van der Waals surface area (Å²) >= 11 is 0. The number of hydrogen-bond acceptors (Lipinski definition) is 4. The second-order valence-electron chi connectivity index (χ2n) is 6.17. The molecule has 0 aliphatic carbocycles. The number of carbonyl (C=O) groups excluding carboxylic acids is 2. The van der Waals surface area contributed by atoms with Gasteiger partial charge in [0.15, 0.2) is 11.5 Å². The molecule has 1 aliphatic rings. The fourth-order valence-corrected chi connectivity index (χ4v) is 2.74. The minimum atomic E-state index is -0.201. The largest absolute Gasteiger partial charge is 0.486 e. The summed E-state index contributed by atoms with van der Waals surface area (Å²) in [5, 5.41) is 5.49. The first-order valence-corrected chi connectivity index (χ1v) is 8.77. The second-order valence-corrected chi connectivity index (χ2v) is 6.17. The van der Waals surface area contributed by atoms with Crippen molar-refractivity contribution in [2.75, 3.05) is 20.3 Å². The van der Waals surface area contributed by atoms with Crippen molar-refractivity contribution in [1.29, 1.82) is 0 Å². The van der Waals surface area contributed by atoms with E-state index in [9.17, 15) is 9.59 Å². The minimum absolute atomic E-state index is 0.142. The van der Waals surface area contributed by atoms with E-state index in [0.717, 1.165) is 16.9 Å². The number of ether oxygens (including phenoxy) is 2. The summed E-state index contributed by atoms with van der Waals surface area (Å²) in [6.07, 6.45) is 3.18. The summed E-state index contributed by atoms with van der Waals surface area (Å²) in [5.41, 5.74) is 2.35. The predicted molar refractivity (Wildman–Crippen MR) is 103 cm³/mol. The Morgan fingerprint density at radius 2 is 1.74 bits per heavy atom. The highest BCUT2D eigenvalue weighted by Gasteiger charge is 2.15. The van der Waals surface area contributed by atoms with Gasteiger partial charge >= 0.3 is 0 Å². The van der Waals surface area contributed by atoms with Crippen molar-refractivity contribution in [3.63, 3.8) is 0 Å². The van der Waals surface area contributed by atoms with Crippen LogP contribution in [0, 0.1) is 0 Å². The molecule has 1 heterocycles. The molecule has 27 heavy (non-hydrogen) atoms. The molecule has 0 fully saturated rings. The van der Waals surface area contributed by atoms with Gasteiger partial charge in [-0.2, -0.15) is 0 Å². The molecule has 140 valence electrons. The third-order valence-electron chi connectivity index (χ3n) is 4.25. The van der Waals surface area contributed by atoms with Crippen LogP contribution in [-0.2, 0) is 4.79 Å². The second kappa shape index (κ2) is 8.40. The number of nitrogens with one attached hydrogen (secondary N) is 2. The molecule has 3 rings (SSSR count). The number of benzene rings is 2. The summed E-state index contributed by atoms with van der Waals surface area (Å²) in [4.78, 5) is 23.7. The monoisotopic (exact) mass is 366 g/mol. The summed E-state index contributed by atoms with van der Waals surface area (Å²) in [6, 6.07) is 12.5. The highest BCUT2D eigenvalue weighted by Crippen LogP contribution is 2.32. The Balaban J connectivity index is 1.60. The Morgan fingerprint density at radius 1 is 1.04 bits per heavy atom. The van der Waals surface area contributed by atoms with Crippen LogP contribution in [0.15, 0.2) is 48.5 Å². The molecule has 2 aromatic rings. The highest BCUT2D eigenvalue weighted by atomic mass is 16.6. The van der Waals surface area contributed by atoms with Gasteiger partial charge in [-0.1, -0.05) is 18.2 Å². The minimum Gasteiger partial charge on any atom is -0.486 e. The van der Waals surface area contributed by atoms with Crippen LogP contribution in [0.3, 0.4) is 0 Å². The summed E-state index contributed by atoms with van der Waals surface area (Å²) < 4.78 is 11.1. The number of fused-ring (bicyclic) bond motifs is 1. The predicted octanol–water partition coefficient (Wildman–Crippen LogP) is 2.71. The Bertz CT molecular complexity index is 859. The quantitative estimate of drug-likeness (QED) is 0.798. The molecule has 6 nitrogen and oxygen atoms in total. The molecular formula is C21H22N2O4. The van der Waals surface area contributed by atoms with E-state index in [1.807, 2.05) is 25.1 Å². The first-order valence-electron chi connectivity index (χ1n) is 8.77. The number of hydrogen-bond donors (Lipinski definition) is 2. The van der Waals surface area contributed by atoms with Crippen LogP contribution in [0.4, 0.5) is 0 Å². The maximum absolute atomic E-state index is 12.2. The molecule has 2 N–H and O–H groups in total. The average molecular weight is 366 g/mol. The van der Waals surface area contributed by atoms with Crippen LogP contribution in [0.1, 0.15) is 34.5 Å². The molecule has 0 spiro atoms. The van der Waals surface area contributed by atoms with Gasteiger partial charge in [0.25, 0.3) is 5.91 Å². The lowest BCUT2D eigenvalue weighted by atomic mass is 10.1. The van der Waals surface area contributed by atoms with Gasteiger partial charge in [-0.3, -0.25) is 9.59 Å². The average Bonchev–Trinajstić information content (AvgIpc) is 2.71. The van der Waals surface area contributed by atoms with Crippen molar-refractivity contribution < 1.29 is 19.1 Å². The number of amides is 2. The van der Waals surface area contributed by atoms with Gasteiger partial charge in [0.2, 0.25) is 5.91 Å². The van der Waals surface area contributed by atoms with Crippen molar-refractivity contribution in [3.05, 3.63) is 65.2 Å². The zero-order chi connectivity index (χ0) is 19.2. The molecule has 0 bridgehead atoms. The van der Waals surface area contributed by atoms with Gasteiger partial charge in [0.1, 0.15) is 13.2 Å². The summed E-state index contributed by atoms with van der Waals surface area (Å²) in [6.45, 7) is 2.99. The molecule has 1 atom stereocenters. The van der Waals surface area contributed by atoms with Crippen molar-refractivity contribution in [2.24, 2.45) is 0 Å². The van der Waals surface area contributed by atoms with Crippen LogP contribution in [0.5, 0.6) is 11.5 Å². The van der Waals surface area contributed by atoms with Gasteiger partial charge < -0.3 is 20.1 Å². The third kappa shape index (κ3) is 4.67. The summed E-state index contributed by atoms with van der Waals surface area (Å²) in [5.74, 6) is 1.08. The zero-order valence-corrected chi connectivity index (χ0v) is 15.3. The number of carbonyl (C=O) groups is 2. The lowest BCUT2D eigenvalue weighted by molar-refractivity contribution is -0.117. The molecule has 0 aromatic heterocycles. The molecule has 2 amide bonds. The maximum Gasteiger partial charge on any atom is 0.251 e. The van der Waals surface area contributed by atoms with E-state index in [2.05, 4.69) is 10.6 Å². The van der Waals surface area contributed by atoms with E-state index in [4.69, 9.17) is 9.47 Å². The molecular weight excluding hydrogens is 344 g/mol. The first kappa shape index (κ1) is 18.5. The molecule has 0 saturated carbocycles. The topological polar surface area (TPSA) is 76.7 Å². The lowest BCUT2D eigenvalue weighted by Crippen LogP contribution is -2.25. The first-order chi connectivity index (χ1) is 13.1. The molecule has 1 unspecified atom stereocenters. The van der Waals surface area contributed by atoms with Crippen molar-refractivity contribution >= 4 is 17.9 Å². The van der Waals surface area contributed by atoms with Crippen LogP contribution < -0.4 is 20.1 Å². The van der Waals surface area contributed by atoms with E-state index in [-0.39, 0.29) is 17.9 Å². The standard InChI is InChI=1S/C21H22N2O4/c1-14(17-8-9-18-19(13-17)27-12-11-26-18)23-20(24)10-5-15-3-6-16(7-4-15)21(25)22-2/h3-10,13-14H,11-12H2,1-2H3,(H,22,25)(H,23,24)/b10-5+. The van der Waals surface area contributed by atoms with E-state index in [1.54, 1.807) is 37.4 Å². The van der Waals surface area contributed by atoms with E-state index in [1.165, 1.54) is 6.08 Å². The molecule has 2 aromatic carbocycles. The van der Waals surface area contributed by atoms with Gasteiger partial charge in [0.05, 0.1) is 6.04 Å². The van der Waals surface area contributed by atoms with Crippen LogP contribution in [-0.4, -0.2) is 32.1 Å². The van der Waals surface area contributed by atoms with Crippen LogP contribution >= 0.6 is 0 Å². The maximum atomic E-state index is 12.2. The van der Waals surface area contributed by atoms with Gasteiger partial charge in [-0.25, -0.2) is 0 Å². The Morgan fingerprint density at radius 3 is 2.44 bits per heavy atom. The van der Waals surface area contributed by atoms with Gasteiger partial charge in [0, 0.05) is 18.7 Å². The zero-order valence-electron chi connectivity index (χ0n) is 15.3. The molecule has 1 aliphatic heterocycles. The Hall–Kier alpha value is -3.28. The number of rotatable bonds is 5. The van der Waals surface area contributed by atoms with E-state index < -0.39 is 0 Å². The van der Waals surface area contributed by atoms with Crippen molar-refractivity contribution in [2.45, 2.75) is 13.0 Å². The van der Waals surface area contributed by atoms with E-state index >= 15 is 0 Å². The lowest BCUT2D eigenvalue weighted by Gasteiger charge is -2.20. The fraction of sp³-hybridized carbons (Fsp3) is 0.238. The van der Waals surface area contributed by atoms with Gasteiger partial charge in [-0.15, -0.1) is 0 Å². The smallest absolute Gasteiger partial charge is 0.251 e. The normalized spacial score (nSPS) is 13.9. The van der Waals surface area contributed by atoms with E-state index in [0.29, 0.717) is 24.5 Å². The fourth-order valence-electron chi connectivity index (χ4n) is 2.74. The van der Waals surface area contributed by atoms with Crippen LogP contribution in [0.2, 0.25) is 0 Å². The third-order valence-corrected chi connectivity index (χ3v) is 4.25. The van der Waals surface area contributed by atoms with Crippen molar-refractivity contribution in [1.82, 2.24) is 10.6 Å².